The Balaban J connectivity index is 1.33. The Hall–Kier alpha value is -3.05. The quantitative estimate of drug-likeness (QED) is 0.190. The molecule has 11 atom stereocenters. The Labute approximate surface area is 265 Å². The van der Waals surface area contributed by atoms with Crippen LogP contribution in [0.2, 0.25) is 0 Å². The number of aliphatic hydroxyl groups is 1. The molecule has 3 fully saturated rings. The lowest BCUT2D eigenvalue weighted by Gasteiger charge is -2.33. The number of epoxide rings is 2. The van der Waals surface area contributed by atoms with Crippen LogP contribution in [0.5, 0.6) is 0 Å². The summed E-state index contributed by atoms with van der Waals surface area (Å²) in [5, 5.41) is 11.4. The van der Waals surface area contributed by atoms with Gasteiger partial charge < -0.3 is 33.2 Å². The highest BCUT2D eigenvalue weighted by Gasteiger charge is 2.57. The maximum atomic E-state index is 13.4. The van der Waals surface area contributed by atoms with E-state index in [4.69, 9.17) is 28.1 Å². The molecule has 4 aliphatic heterocycles. The number of hydrogen-bond acceptors (Lipinski definition) is 10. The summed E-state index contributed by atoms with van der Waals surface area (Å²) in [4.78, 5) is 30.1. The van der Waals surface area contributed by atoms with E-state index in [9.17, 15) is 14.7 Å². The number of carbonyl (C=O) groups excluding carboxylic acids is 2. The largest absolute Gasteiger partial charge is 0.462 e. The molecule has 246 valence electrons. The zero-order valence-corrected chi connectivity index (χ0v) is 27.3. The highest BCUT2D eigenvalue weighted by Crippen LogP contribution is 2.44. The number of rotatable bonds is 7. The zero-order valence-electron chi connectivity index (χ0n) is 27.3. The molecule has 0 amide bonds. The van der Waals surface area contributed by atoms with Crippen molar-refractivity contribution in [1.82, 2.24) is 4.98 Å². The fraction of sp³-hybridized carbons (Fsp3) is 0.629. The normalized spacial score (nSPS) is 38.0. The molecule has 10 nitrogen and oxygen atoms in total. The summed E-state index contributed by atoms with van der Waals surface area (Å²) in [5.74, 6) is -0.316. The summed E-state index contributed by atoms with van der Waals surface area (Å²) in [6.07, 6.45) is 11.7. The van der Waals surface area contributed by atoms with E-state index in [2.05, 4.69) is 4.98 Å². The van der Waals surface area contributed by atoms with Crippen molar-refractivity contribution in [2.45, 2.75) is 116 Å². The molecule has 0 aromatic carbocycles. The molecule has 5 rings (SSSR count). The number of nitrogens with zero attached hydrogens (tertiary/aromatic N) is 1. The fourth-order valence-corrected chi connectivity index (χ4v) is 6.64. The first-order valence-electron chi connectivity index (χ1n) is 16.0. The van der Waals surface area contributed by atoms with Crippen molar-refractivity contribution >= 4 is 18.0 Å². The standard InChI is InChI=1S/C35H47NO9/c1-19(13-25-18-41-23(5)36-25)9-8-10-21(3)32(40-7)22(4)27-17-29(37)35(6)30(45-35)12-11-20(2)26-14-24(16-31(38)42-26)15-28-33(43-28)34(39)44-27/h8-13,18,20,22,24,26-30,32-33,37H,14-17H2,1-7H3/b9-8+,12-11+,19-13+,21-10+/t20-,22-,24-,26+,27-,28-,29-,30+,32-,33+,35-/m1/s1. The number of aliphatic hydroxyl groups excluding tert-OH is 1. The number of carbonyl (C=O) groups is 2. The minimum atomic E-state index is -0.905. The Morgan fingerprint density at radius 3 is 2.62 bits per heavy atom. The van der Waals surface area contributed by atoms with Gasteiger partial charge in [-0.05, 0) is 56.8 Å². The third-order valence-corrected chi connectivity index (χ3v) is 9.63. The van der Waals surface area contributed by atoms with Crippen molar-refractivity contribution in [1.29, 1.82) is 0 Å². The molecule has 0 saturated carbocycles. The van der Waals surface area contributed by atoms with Gasteiger partial charge in [-0.2, -0.15) is 0 Å². The van der Waals surface area contributed by atoms with Crippen LogP contribution in [0.25, 0.3) is 6.08 Å². The molecular formula is C35H47NO9. The predicted molar refractivity (Wildman–Crippen MR) is 166 cm³/mol. The van der Waals surface area contributed by atoms with Crippen LogP contribution in [-0.2, 0) is 33.3 Å². The second kappa shape index (κ2) is 13.7. The lowest BCUT2D eigenvalue weighted by molar-refractivity contribution is -0.159. The van der Waals surface area contributed by atoms with Gasteiger partial charge in [0.2, 0.25) is 0 Å². The van der Waals surface area contributed by atoms with Gasteiger partial charge in [0.15, 0.2) is 12.0 Å². The minimum Gasteiger partial charge on any atom is -0.462 e. The SMILES string of the molecule is CO[C@H](/C(C)=C/C=C/C(C)=C/c1coc(C)n1)[C@H](C)[C@H]1C[C@@H](O)[C@@]2(C)O[C@H]2/C=C/[C@@H](C)[C@@H]2C[C@@H](CC(=O)O2)C[C@H]2O[C@@H]2C(=O)O1. The van der Waals surface area contributed by atoms with Gasteiger partial charge in [0.25, 0.3) is 0 Å². The molecule has 1 aromatic heterocycles. The Bertz CT molecular complexity index is 1360. The monoisotopic (exact) mass is 625 g/mol. The highest BCUT2D eigenvalue weighted by molar-refractivity contribution is 5.78. The van der Waals surface area contributed by atoms with Crippen LogP contribution in [0.1, 0.15) is 71.9 Å². The number of ether oxygens (including phenoxy) is 5. The molecule has 10 heteroatoms. The van der Waals surface area contributed by atoms with Crippen LogP contribution in [0.4, 0.5) is 0 Å². The number of oxazole rings is 1. The maximum Gasteiger partial charge on any atom is 0.338 e. The van der Waals surface area contributed by atoms with Gasteiger partial charge in [-0.25, -0.2) is 9.78 Å². The minimum absolute atomic E-state index is 0.0130. The molecule has 5 heterocycles. The first-order chi connectivity index (χ1) is 21.4. The summed E-state index contributed by atoms with van der Waals surface area (Å²) in [5.41, 5.74) is 1.86. The van der Waals surface area contributed by atoms with Crippen molar-refractivity contribution < 1.29 is 42.8 Å². The van der Waals surface area contributed by atoms with E-state index < -0.39 is 36.0 Å². The number of methoxy groups -OCH3 is 1. The number of hydrogen-bond donors (Lipinski definition) is 1. The summed E-state index contributed by atoms with van der Waals surface area (Å²) in [6, 6.07) is 0. The van der Waals surface area contributed by atoms with Crippen molar-refractivity contribution in [2.75, 3.05) is 7.11 Å². The number of fused-ring (bicyclic) bond motifs is 4. The van der Waals surface area contributed by atoms with Gasteiger partial charge in [0.05, 0.1) is 18.3 Å². The summed E-state index contributed by atoms with van der Waals surface area (Å²) in [6.45, 7) is 11.6. The fourth-order valence-electron chi connectivity index (χ4n) is 6.64. The third-order valence-electron chi connectivity index (χ3n) is 9.63. The summed E-state index contributed by atoms with van der Waals surface area (Å²) >= 11 is 0. The Kier molecular flexibility index (Phi) is 10.2. The molecule has 1 N–H and O–H groups in total. The van der Waals surface area contributed by atoms with Crippen LogP contribution >= 0.6 is 0 Å². The van der Waals surface area contributed by atoms with Gasteiger partial charge in [-0.1, -0.05) is 44.2 Å². The van der Waals surface area contributed by atoms with E-state index in [1.54, 1.807) is 20.3 Å². The van der Waals surface area contributed by atoms with Crippen molar-refractivity contribution in [2.24, 2.45) is 17.8 Å². The van der Waals surface area contributed by atoms with E-state index in [1.165, 1.54) is 0 Å². The summed E-state index contributed by atoms with van der Waals surface area (Å²) < 4.78 is 34.7. The molecule has 2 bridgehead atoms. The topological polar surface area (TPSA) is 133 Å². The van der Waals surface area contributed by atoms with Crippen LogP contribution < -0.4 is 0 Å². The molecule has 1 aromatic rings. The zero-order chi connectivity index (χ0) is 32.5. The lowest BCUT2D eigenvalue weighted by Crippen LogP contribution is -2.42. The Morgan fingerprint density at radius 2 is 1.91 bits per heavy atom. The van der Waals surface area contributed by atoms with E-state index in [-0.39, 0.29) is 48.5 Å². The highest BCUT2D eigenvalue weighted by atomic mass is 16.6. The first-order valence-corrected chi connectivity index (χ1v) is 16.0. The van der Waals surface area contributed by atoms with Gasteiger partial charge in [-0.3, -0.25) is 4.79 Å². The number of aryl methyl sites for hydroxylation is 1. The smallest absolute Gasteiger partial charge is 0.338 e. The van der Waals surface area contributed by atoms with Crippen molar-refractivity contribution in [3.05, 3.63) is 59.4 Å². The summed E-state index contributed by atoms with van der Waals surface area (Å²) in [7, 11) is 1.63. The second-order valence-corrected chi connectivity index (χ2v) is 13.3. The number of aromatic nitrogens is 1. The van der Waals surface area contributed by atoms with Crippen LogP contribution in [-0.4, -0.2) is 77.5 Å². The lowest BCUT2D eigenvalue weighted by atomic mass is 9.84. The molecule has 0 radical (unpaired) electrons. The van der Waals surface area contributed by atoms with Crippen molar-refractivity contribution in [3.63, 3.8) is 0 Å². The first kappa shape index (κ1) is 33.3. The van der Waals surface area contributed by atoms with Crippen LogP contribution in [0.15, 0.2) is 52.2 Å². The van der Waals surface area contributed by atoms with E-state index in [0.29, 0.717) is 25.2 Å². The second-order valence-electron chi connectivity index (χ2n) is 13.3. The third kappa shape index (κ3) is 8.03. The van der Waals surface area contributed by atoms with E-state index in [1.807, 2.05) is 71.1 Å². The molecule has 45 heavy (non-hydrogen) atoms. The van der Waals surface area contributed by atoms with Gasteiger partial charge in [-0.15, -0.1) is 0 Å². The molecular weight excluding hydrogens is 578 g/mol. The van der Waals surface area contributed by atoms with Gasteiger partial charge in [0.1, 0.15) is 35.9 Å². The Morgan fingerprint density at radius 1 is 1.16 bits per heavy atom. The van der Waals surface area contributed by atoms with Crippen LogP contribution in [0.3, 0.4) is 0 Å². The predicted octanol–water partition coefficient (Wildman–Crippen LogP) is 5.05. The molecule has 3 saturated heterocycles. The van der Waals surface area contributed by atoms with Crippen LogP contribution in [0, 0.1) is 24.7 Å². The van der Waals surface area contributed by atoms with Gasteiger partial charge in [0, 0.05) is 38.7 Å². The number of allylic oxidation sites excluding steroid dienone is 4. The average molecular weight is 626 g/mol. The van der Waals surface area contributed by atoms with E-state index >= 15 is 0 Å². The molecule has 0 spiro atoms. The average Bonchev–Trinajstić information content (AvgIpc) is 3.86. The number of cyclic esters (lactones) is 1. The van der Waals surface area contributed by atoms with E-state index in [0.717, 1.165) is 16.8 Å². The molecule has 4 aliphatic rings. The van der Waals surface area contributed by atoms with Gasteiger partial charge >= 0.3 is 11.9 Å². The van der Waals surface area contributed by atoms with Crippen molar-refractivity contribution in [3.8, 4) is 0 Å². The number of esters is 2. The molecule has 0 aliphatic carbocycles. The molecule has 0 unspecified atom stereocenters. The maximum absolute atomic E-state index is 13.4.